The summed E-state index contributed by atoms with van der Waals surface area (Å²) in [5, 5.41) is 42.7. The van der Waals surface area contributed by atoms with Crippen molar-refractivity contribution in [2.24, 2.45) is 0 Å². The van der Waals surface area contributed by atoms with E-state index in [-0.39, 0.29) is 168 Å². The molecule has 0 aromatic carbocycles. The third kappa shape index (κ3) is 31.9. The average molecular weight is 811 g/mol. The molecule has 0 N–H and O–H groups in total. The van der Waals surface area contributed by atoms with Crippen LogP contribution in [0.15, 0.2) is 0 Å². The second kappa shape index (κ2) is 39.3. The van der Waals surface area contributed by atoms with E-state index < -0.39 is 54.6 Å². The molecule has 0 unspecified atom stereocenters. The molecule has 1 aliphatic heterocycles. The molecule has 1 aliphatic rings. The Hall–Kier alpha value is 3.04. The van der Waals surface area contributed by atoms with Crippen molar-refractivity contribution in [2.75, 3.05) is 86.2 Å². The Bertz CT molecular complexity index is 859. The van der Waals surface area contributed by atoms with Crippen molar-refractivity contribution in [3.8, 4) is 0 Å². The third-order valence-electron chi connectivity index (χ3n) is 5.79. The fourth-order valence-electron chi connectivity index (χ4n) is 4.00. The summed E-state index contributed by atoms with van der Waals surface area (Å²) in [6.07, 6.45) is -1.37. The van der Waals surface area contributed by atoms with Crippen LogP contribution in [0.3, 0.4) is 0 Å². The molecule has 0 amide bonds. The summed E-state index contributed by atoms with van der Waals surface area (Å²) in [5.74, 6) is -2.89. The van der Waals surface area contributed by atoms with Gasteiger partial charge in [0.25, 0.3) is 0 Å². The van der Waals surface area contributed by atoms with E-state index in [9.17, 15) is 39.6 Å². The molecule has 1 saturated heterocycles. The van der Waals surface area contributed by atoms with Crippen LogP contribution in [-0.2, 0) is 47.6 Å². The summed E-state index contributed by atoms with van der Waals surface area (Å²) in [7, 11) is 1.46. The van der Waals surface area contributed by atoms with Gasteiger partial charge in [-0.25, -0.2) is 0 Å². The maximum atomic E-state index is 10.7. The zero-order chi connectivity index (χ0) is 33.3. The van der Waals surface area contributed by atoms with Crippen molar-refractivity contribution >= 4 is 70.9 Å². The van der Waals surface area contributed by atoms with Crippen LogP contribution in [0.2, 0.25) is 0 Å². The fraction of sp³-hybridized carbons (Fsp3) is 0.852. The standard InChI is InChI=1S/C27H46O14S4.4Na/c1-36-27-26(40-9-5-13-45-18-23(34)35)25(39-8-4-12-44-17-22(32)33)24(38-7-3-11-43-16-21(30)31)19(41-27)14-37-6-2-10-42-15-20(28)29;;;;/h19,24-27H,2-18H2,1H3,(H,28,29)(H,30,31)(H,32,33)(H,34,35);;;;/q;4*+1/p-4/t19-,24-,25-,26-,27+;;;;/m1..../s1. The predicted molar refractivity (Wildman–Crippen MR) is 164 cm³/mol. The van der Waals surface area contributed by atoms with Gasteiger partial charge in [-0.1, -0.05) is 0 Å². The van der Waals surface area contributed by atoms with Crippen molar-refractivity contribution in [3.63, 3.8) is 0 Å². The van der Waals surface area contributed by atoms with Crippen molar-refractivity contribution < 1.29 is 186 Å². The van der Waals surface area contributed by atoms with Gasteiger partial charge in [-0.15, -0.1) is 0 Å². The van der Waals surface area contributed by atoms with E-state index in [4.69, 9.17) is 28.4 Å². The Kier molecular flexibility index (Phi) is 47.1. The minimum atomic E-state index is -1.15. The zero-order valence-corrected chi connectivity index (χ0v) is 40.5. The minimum Gasteiger partial charge on any atom is -0.549 e. The molecule has 0 aromatic rings. The van der Waals surface area contributed by atoms with Gasteiger partial charge in [0.05, 0.1) is 30.5 Å². The van der Waals surface area contributed by atoms with Crippen LogP contribution in [0, 0.1) is 0 Å². The molecule has 0 bridgehead atoms. The molecule has 22 heteroatoms. The van der Waals surface area contributed by atoms with E-state index in [1.165, 1.54) is 54.2 Å². The smallest absolute Gasteiger partial charge is 0.549 e. The first-order valence-electron chi connectivity index (χ1n) is 14.4. The Balaban J connectivity index is -0.00000253. The summed E-state index contributed by atoms with van der Waals surface area (Å²) in [4.78, 5) is 42.7. The minimum absolute atomic E-state index is 0. The van der Waals surface area contributed by atoms with Gasteiger partial charge in [-0.3, -0.25) is 0 Å². The summed E-state index contributed by atoms with van der Waals surface area (Å²) in [6, 6.07) is 0. The Labute approximate surface area is 394 Å². The number of aliphatic carboxylic acids is 4. The first-order valence-corrected chi connectivity index (χ1v) is 19.0. The molecule has 5 atom stereocenters. The Morgan fingerprint density at radius 1 is 0.551 bits per heavy atom. The van der Waals surface area contributed by atoms with Gasteiger partial charge in [0.15, 0.2) is 6.29 Å². The molecule has 0 aromatic heterocycles. The van der Waals surface area contributed by atoms with Crippen LogP contribution in [0.4, 0.5) is 0 Å². The van der Waals surface area contributed by atoms with Crippen molar-refractivity contribution in [1.82, 2.24) is 0 Å². The maximum absolute atomic E-state index is 10.7. The second-order valence-electron chi connectivity index (χ2n) is 9.47. The van der Waals surface area contributed by atoms with Gasteiger partial charge < -0.3 is 68.0 Å². The molecule has 0 saturated carbocycles. The number of thioether (sulfide) groups is 4. The van der Waals surface area contributed by atoms with Crippen LogP contribution < -0.4 is 139 Å². The van der Waals surface area contributed by atoms with E-state index in [2.05, 4.69) is 0 Å². The number of carbonyl (C=O) groups excluding carboxylic acids is 4. The summed E-state index contributed by atoms with van der Waals surface area (Å²) < 4.78 is 36.4. The van der Waals surface area contributed by atoms with E-state index in [1.54, 1.807) is 0 Å². The maximum Gasteiger partial charge on any atom is 1.00 e. The number of rotatable bonds is 30. The molecule has 0 radical (unpaired) electrons. The molecular formula is C27H42Na4O14S4. The van der Waals surface area contributed by atoms with Crippen molar-refractivity contribution in [2.45, 2.75) is 56.4 Å². The molecular weight excluding hydrogens is 769 g/mol. The molecule has 1 rings (SSSR count). The van der Waals surface area contributed by atoms with Crippen LogP contribution in [0.5, 0.6) is 0 Å². The van der Waals surface area contributed by atoms with Crippen molar-refractivity contribution in [1.29, 1.82) is 0 Å². The zero-order valence-electron chi connectivity index (χ0n) is 29.3. The normalized spacial score (nSPS) is 19.7. The van der Waals surface area contributed by atoms with Crippen LogP contribution >= 0.6 is 47.0 Å². The predicted octanol–water partition coefficient (Wildman–Crippen LogP) is -15.0. The molecule has 1 heterocycles. The van der Waals surface area contributed by atoms with E-state index in [0.717, 1.165) is 0 Å². The largest absolute Gasteiger partial charge is 1.00 e. The average Bonchev–Trinajstić information content (AvgIpc) is 2.98. The molecule has 0 aliphatic carbocycles. The number of carboxylic acid groups (broad SMARTS) is 4. The first kappa shape index (κ1) is 58.7. The number of carbonyl (C=O) groups is 4. The topological polar surface area (TPSA) is 216 Å². The van der Waals surface area contributed by atoms with Gasteiger partial charge in [0, 0.05) is 56.5 Å². The number of hydrogen-bond donors (Lipinski definition) is 0. The number of carboxylic acids is 4. The monoisotopic (exact) mass is 810 g/mol. The van der Waals surface area contributed by atoms with E-state index in [1.807, 2.05) is 0 Å². The quantitative estimate of drug-likeness (QED) is 0.0486. The molecule has 14 nitrogen and oxygen atoms in total. The number of ether oxygens (including phenoxy) is 6. The van der Waals surface area contributed by atoms with E-state index in [0.29, 0.717) is 55.3 Å². The molecule has 0 spiro atoms. The van der Waals surface area contributed by atoms with Gasteiger partial charge in [0.2, 0.25) is 0 Å². The van der Waals surface area contributed by atoms with Gasteiger partial charge in [-0.05, 0) is 48.7 Å². The van der Waals surface area contributed by atoms with Gasteiger partial charge >= 0.3 is 118 Å². The van der Waals surface area contributed by atoms with Crippen LogP contribution in [0.1, 0.15) is 25.7 Å². The van der Waals surface area contributed by atoms with Gasteiger partial charge in [0.1, 0.15) is 24.4 Å². The van der Waals surface area contributed by atoms with Gasteiger partial charge in [-0.2, -0.15) is 47.0 Å². The summed E-state index contributed by atoms with van der Waals surface area (Å²) in [5.41, 5.74) is 0. The Morgan fingerprint density at radius 3 is 1.27 bits per heavy atom. The van der Waals surface area contributed by atoms with Crippen LogP contribution in [0.25, 0.3) is 0 Å². The summed E-state index contributed by atoms with van der Waals surface area (Å²) >= 11 is 4.88. The Morgan fingerprint density at radius 2 is 0.898 bits per heavy atom. The second-order valence-corrected chi connectivity index (χ2v) is 13.9. The molecule has 262 valence electrons. The fourth-order valence-corrected chi connectivity index (χ4v) is 6.53. The first-order chi connectivity index (χ1) is 21.6. The molecule has 49 heavy (non-hydrogen) atoms. The van der Waals surface area contributed by atoms with Crippen molar-refractivity contribution in [3.05, 3.63) is 0 Å². The van der Waals surface area contributed by atoms with E-state index >= 15 is 0 Å². The third-order valence-corrected chi connectivity index (χ3v) is 9.86. The number of hydrogen-bond acceptors (Lipinski definition) is 18. The number of methoxy groups -OCH3 is 1. The van der Waals surface area contributed by atoms with Crippen LogP contribution in [-0.4, -0.2) is 141 Å². The SMILES string of the molecule is CO[C@H]1O[C@H](COCCCSCC(=O)[O-])[C@@H](OCCCSCC(=O)[O-])[C@@H](OCCCSCC(=O)[O-])[C@H]1OCCCSCC(=O)[O-].[Na+].[Na+].[Na+].[Na+]. The summed E-state index contributed by atoms with van der Waals surface area (Å²) in [6.45, 7) is 1.23. The molecule has 1 fully saturated rings.